The van der Waals surface area contributed by atoms with Crippen LogP contribution in [0.15, 0.2) is 47.3 Å². The summed E-state index contributed by atoms with van der Waals surface area (Å²) in [5.74, 6) is -0.565. The van der Waals surface area contributed by atoms with E-state index in [2.05, 4.69) is 33.5 Å². The first-order valence-corrected chi connectivity index (χ1v) is 8.93. The Balaban J connectivity index is 1.45. The van der Waals surface area contributed by atoms with Crippen LogP contribution in [0.3, 0.4) is 0 Å². The molecule has 0 aliphatic heterocycles. The maximum absolute atomic E-state index is 12.3. The highest BCUT2D eigenvalue weighted by atomic mass is 16.3. The van der Waals surface area contributed by atoms with Gasteiger partial charge in [0.15, 0.2) is 0 Å². The fourth-order valence-electron chi connectivity index (χ4n) is 3.65. The molecule has 0 bridgehead atoms. The highest BCUT2D eigenvalue weighted by Crippen LogP contribution is 2.29. The largest absolute Gasteiger partial charge is 0.493 e. The number of hydrogen-bond donors (Lipinski definition) is 4. The number of rotatable bonds is 4. The fraction of sp³-hybridized carbons (Fsp3) is 0.190. The first kappa shape index (κ1) is 17.6. The first-order valence-electron chi connectivity index (χ1n) is 8.93. The fourth-order valence-corrected chi connectivity index (χ4v) is 3.65. The SMILES string of the molecule is N#Cc1cccc(-c2ccc3c(c2)CC(NC(=O)Cc2[nH]c(=O)[nH]c2O)C3)c1. The molecular weight excluding hydrogens is 356 g/mol. The summed E-state index contributed by atoms with van der Waals surface area (Å²) in [5.41, 5.74) is 4.64. The van der Waals surface area contributed by atoms with Crippen molar-refractivity contribution >= 4 is 5.91 Å². The van der Waals surface area contributed by atoms with Gasteiger partial charge in [0, 0.05) is 6.04 Å². The molecule has 4 N–H and O–H groups in total. The Bertz CT molecular complexity index is 1150. The lowest BCUT2D eigenvalue weighted by Crippen LogP contribution is -2.36. The number of nitrogens with one attached hydrogen (secondary N) is 3. The minimum atomic E-state index is -0.540. The Kier molecular flexibility index (Phi) is 4.45. The van der Waals surface area contributed by atoms with E-state index in [1.165, 1.54) is 11.1 Å². The van der Waals surface area contributed by atoms with Gasteiger partial charge in [0.05, 0.1) is 23.7 Å². The first-order chi connectivity index (χ1) is 13.5. The van der Waals surface area contributed by atoms with Crippen LogP contribution in [-0.4, -0.2) is 27.0 Å². The number of hydrogen-bond acceptors (Lipinski definition) is 4. The lowest BCUT2D eigenvalue weighted by Gasteiger charge is -2.11. The van der Waals surface area contributed by atoms with Crippen molar-refractivity contribution in [3.05, 3.63) is 75.3 Å². The normalized spacial score (nSPS) is 15.0. The van der Waals surface area contributed by atoms with Gasteiger partial charge in [-0.05, 0) is 47.2 Å². The third kappa shape index (κ3) is 3.53. The summed E-state index contributed by atoms with van der Waals surface area (Å²) in [4.78, 5) is 28.0. The standard InChI is InChI=1S/C21H18N4O3/c22-11-12-2-1-3-13(6-12)14-4-5-15-8-17(9-16(15)7-14)23-19(26)10-18-20(27)25-21(28)24-18/h1-7,17,27H,8-10H2,(H,23,26)(H2,24,25,28). The van der Waals surface area contributed by atoms with Crippen molar-refractivity contribution in [1.29, 1.82) is 5.26 Å². The molecule has 1 aromatic heterocycles. The maximum Gasteiger partial charge on any atom is 0.325 e. The Morgan fingerprint density at radius 3 is 2.68 bits per heavy atom. The molecule has 0 saturated carbocycles. The van der Waals surface area contributed by atoms with Crippen LogP contribution in [0, 0.1) is 11.3 Å². The van der Waals surface area contributed by atoms with Crippen LogP contribution >= 0.6 is 0 Å². The van der Waals surface area contributed by atoms with E-state index in [9.17, 15) is 14.7 Å². The number of aromatic amines is 2. The van der Waals surface area contributed by atoms with E-state index in [1.807, 2.05) is 24.3 Å². The van der Waals surface area contributed by atoms with E-state index < -0.39 is 5.69 Å². The number of nitriles is 1. The van der Waals surface area contributed by atoms with Crippen LogP contribution in [0.5, 0.6) is 5.88 Å². The summed E-state index contributed by atoms with van der Waals surface area (Å²) >= 11 is 0. The summed E-state index contributed by atoms with van der Waals surface area (Å²) < 4.78 is 0. The summed E-state index contributed by atoms with van der Waals surface area (Å²) in [7, 11) is 0. The highest BCUT2D eigenvalue weighted by molar-refractivity contribution is 5.79. The van der Waals surface area contributed by atoms with E-state index in [-0.39, 0.29) is 29.9 Å². The highest BCUT2D eigenvalue weighted by Gasteiger charge is 2.24. The molecule has 28 heavy (non-hydrogen) atoms. The van der Waals surface area contributed by atoms with Gasteiger partial charge in [-0.1, -0.05) is 30.3 Å². The zero-order valence-electron chi connectivity index (χ0n) is 15.0. The van der Waals surface area contributed by atoms with E-state index in [4.69, 9.17) is 5.26 Å². The number of amides is 1. The predicted molar refractivity (Wildman–Crippen MR) is 103 cm³/mol. The third-order valence-corrected chi connectivity index (χ3v) is 4.95. The number of aromatic hydroxyl groups is 1. The molecule has 1 unspecified atom stereocenters. The Morgan fingerprint density at radius 2 is 1.93 bits per heavy atom. The molecule has 4 rings (SSSR count). The number of aromatic nitrogens is 2. The predicted octanol–water partition coefficient (Wildman–Crippen LogP) is 1.77. The topological polar surface area (TPSA) is 122 Å². The minimum absolute atomic E-state index is 0.0315. The van der Waals surface area contributed by atoms with Crippen molar-refractivity contribution in [2.24, 2.45) is 0 Å². The molecule has 1 aliphatic carbocycles. The quantitative estimate of drug-likeness (QED) is 0.556. The van der Waals surface area contributed by atoms with Crippen LogP contribution < -0.4 is 11.0 Å². The van der Waals surface area contributed by atoms with Crippen LogP contribution in [0.2, 0.25) is 0 Å². The smallest absolute Gasteiger partial charge is 0.325 e. The van der Waals surface area contributed by atoms with Gasteiger partial charge in [-0.2, -0.15) is 5.26 Å². The lowest BCUT2D eigenvalue weighted by molar-refractivity contribution is -0.121. The number of nitrogens with zero attached hydrogens (tertiary/aromatic N) is 1. The van der Waals surface area contributed by atoms with Gasteiger partial charge >= 0.3 is 5.69 Å². The molecule has 0 radical (unpaired) electrons. The number of benzene rings is 2. The Hall–Kier alpha value is -3.79. The molecular formula is C21H18N4O3. The van der Waals surface area contributed by atoms with E-state index >= 15 is 0 Å². The number of fused-ring (bicyclic) bond motifs is 1. The summed E-state index contributed by atoms with van der Waals surface area (Å²) in [5, 5.41) is 21.6. The molecule has 0 saturated heterocycles. The molecule has 1 amide bonds. The molecule has 0 fully saturated rings. The zero-order chi connectivity index (χ0) is 19.7. The summed E-state index contributed by atoms with van der Waals surface area (Å²) in [6.45, 7) is 0. The van der Waals surface area contributed by atoms with Gasteiger partial charge in [-0.15, -0.1) is 0 Å². The number of H-pyrrole nitrogens is 2. The Morgan fingerprint density at radius 1 is 1.14 bits per heavy atom. The number of carbonyl (C=O) groups is 1. The molecule has 7 heteroatoms. The second kappa shape index (κ2) is 7.08. The van der Waals surface area contributed by atoms with Gasteiger partial charge in [-0.25, -0.2) is 4.79 Å². The van der Waals surface area contributed by atoms with Crippen molar-refractivity contribution in [3.8, 4) is 23.1 Å². The number of imidazole rings is 1. The minimum Gasteiger partial charge on any atom is -0.493 e. The van der Waals surface area contributed by atoms with E-state index in [1.54, 1.807) is 6.07 Å². The van der Waals surface area contributed by atoms with Gasteiger partial charge in [0.2, 0.25) is 11.8 Å². The number of carbonyl (C=O) groups excluding carboxylic acids is 1. The molecule has 1 heterocycles. The third-order valence-electron chi connectivity index (χ3n) is 4.95. The second-order valence-corrected chi connectivity index (χ2v) is 6.93. The maximum atomic E-state index is 12.3. The van der Waals surface area contributed by atoms with Crippen molar-refractivity contribution in [2.45, 2.75) is 25.3 Å². The van der Waals surface area contributed by atoms with Crippen molar-refractivity contribution in [3.63, 3.8) is 0 Å². The molecule has 140 valence electrons. The van der Waals surface area contributed by atoms with Gasteiger partial charge < -0.3 is 15.4 Å². The van der Waals surface area contributed by atoms with Crippen LogP contribution in [0.25, 0.3) is 11.1 Å². The lowest BCUT2D eigenvalue weighted by atomic mass is 9.99. The summed E-state index contributed by atoms with van der Waals surface area (Å²) in [6, 6.07) is 15.8. The van der Waals surface area contributed by atoms with Crippen LogP contribution in [0.1, 0.15) is 22.4 Å². The van der Waals surface area contributed by atoms with Crippen LogP contribution in [-0.2, 0) is 24.1 Å². The van der Waals surface area contributed by atoms with Gasteiger partial charge in [0.1, 0.15) is 0 Å². The van der Waals surface area contributed by atoms with Gasteiger partial charge in [0.25, 0.3) is 0 Å². The van der Waals surface area contributed by atoms with Crippen molar-refractivity contribution in [2.75, 3.05) is 0 Å². The molecule has 2 aromatic carbocycles. The van der Waals surface area contributed by atoms with E-state index in [0.29, 0.717) is 12.0 Å². The van der Waals surface area contributed by atoms with Crippen molar-refractivity contribution in [1.82, 2.24) is 15.3 Å². The molecule has 1 aliphatic rings. The Labute approximate surface area is 160 Å². The molecule has 0 spiro atoms. The van der Waals surface area contributed by atoms with Crippen LogP contribution in [0.4, 0.5) is 0 Å². The average molecular weight is 374 g/mol. The molecule has 1 atom stereocenters. The van der Waals surface area contributed by atoms with Crippen molar-refractivity contribution < 1.29 is 9.90 Å². The zero-order valence-corrected chi connectivity index (χ0v) is 15.0. The summed E-state index contributed by atoms with van der Waals surface area (Å²) in [6.07, 6.45) is 1.35. The molecule has 7 nitrogen and oxygen atoms in total. The average Bonchev–Trinajstić information content (AvgIpc) is 3.22. The van der Waals surface area contributed by atoms with Gasteiger partial charge in [-0.3, -0.25) is 9.78 Å². The monoisotopic (exact) mass is 374 g/mol. The van der Waals surface area contributed by atoms with E-state index in [0.717, 1.165) is 17.5 Å². The second-order valence-electron chi connectivity index (χ2n) is 6.93. The molecule has 3 aromatic rings.